The van der Waals surface area contributed by atoms with Crippen molar-refractivity contribution in [3.05, 3.63) is 90.0 Å². The van der Waals surface area contributed by atoms with E-state index in [-0.39, 0.29) is 12.6 Å². The van der Waals surface area contributed by atoms with E-state index in [0.29, 0.717) is 28.9 Å². The normalized spacial score (nSPS) is 10.6. The number of amides is 2. The number of pyridine rings is 1. The number of aryl methyl sites for hydroxylation is 1. The number of anilines is 1. The summed E-state index contributed by atoms with van der Waals surface area (Å²) in [7, 11) is 1.31. The number of hydrogen-bond donors (Lipinski definition) is 2. The van der Waals surface area contributed by atoms with Gasteiger partial charge in [-0.15, -0.1) is 0 Å². The SMILES string of the molecule is COC(=O)COc1cc(-c2ccc(C)cc2)nc2ccc(NC(=O)NCCc3ccccc3)cc12. The molecule has 0 aliphatic heterocycles. The van der Waals surface area contributed by atoms with Gasteiger partial charge in [0.15, 0.2) is 6.61 Å². The third-order valence-corrected chi connectivity index (χ3v) is 5.49. The molecular formula is C28H27N3O4. The maximum atomic E-state index is 12.4. The van der Waals surface area contributed by atoms with Crippen molar-refractivity contribution in [2.75, 3.05) is 25.6 Å². The Kier molecular flexibility index (Phi) is 7.57. The highest BCUT2D eigenvalue weighted by Gasteiger charge is 2.13. The van der Waals surface area contributed by atoms with Crippen LogP contribution in [-0.2, 0) is 16.0 Å². The fraction of sp³-hybridized carbons (Fsp3) is 0.179. The summed E-state index contributed by atoms with van der Waals surface area (Å²) in [6.07, 6.45) is 0.739. The topological polar surface area (TPSA) is 89.6 Å². The van der Waals surface area contributed by atoms with Crippen molar-refractivity contribution in [3.8, 4) is 17.0 Å². The maximum absolute atomic E-state index is 12.4. The molecule has 7 heteroatoms. The maximum Gasteiger partial charge on any atom is 0.343 e. The van der Waals surface area contributed by atoms with Gasteiger partial charge in [-0.05, 0) is 37.1 Å². The average molecular weight is 470 g/mol. The smallest absolute Gasteiger partial charge is 0.343 e. The molecule has 1 heterocycles. The Morgan fingerprint density at radius 3 is 2.46 bits per heavy atom. The molecule has 2 amide bonds. The molecule has 7 nitrogen and oxygen atoms in total. The first-order valence-corrected chi connectivity index (χ1v) is 11.3. The van der Waals surface area contributed by atoms with Gasteiger partial charge in [0.2, 0.25) is 0 Å². The van der Waals surface area contributed by atoms with Gasteiger partial charge < -0.3 is 20.1 Å². The van der Waals surface area contributed by atoms with Gasteiger partial charge in [-0.3, -0.25) is 0 Å². The Hall–Kier alpha value is -4.39. The fourth-order valence-corrected chi connectivity index (χ4v) is 3.60. The minimum Gasteiger partial charge on any atom is -0.481 e. The summed E-state index contributed by atoms with van der Waals surface area (Å²) in [5.41, 5.74) is 5.22. The first kappa shape index (κ1) is 23.8. The largest absolute Gasteiger partial charge is 0.481 e. The Balaban J connectivity index is 1.54. The van der Waals surface area contributed by atoms with Crippen molar-refractivity contribution in [2.24, 2.45) is 0 Å². The number of aromatic nitrogens is 1. The number of nitrogens with one attached hydrogen (secondary N) is 2. The number of ether oxygens (including phenoxy) is 2. The fourth-order valence-electron chi connectivity index (χ4n) is 3.60. The lowest BCUT2D eigenvalue weighted by Gasteiger charge is -2.13. The lowest BCUT2D eigenvalue weighted by molar-refractivity contribution is -0.142. The molecule has 0 aliphatic rings. The number of carbonyl (C=O) groups is 2. The molecule has 0 unspecified atom stereocenters. The van der Waals surface area contributed by atoms with Crippen molar-refractivity contribution in [2.45, 2.75) is 13.3 Å². The minimum atomic E-state index is -0.487. The van der Waals surface area contributed by atoms with Crippen LogP contribution >= 0.6 is 0 Å². The van der Waals surface area contributed by atoms with Gasteiger partial charge in [0.1, 0.15) is 5.75 Å². The van der Waals surface area contributed by atoms with E-state index in [1.807, 2.05) is 67.6 Å². The molecule has 1 aromatic heterocycles. The molecule has 0 atom stereocenters. The predicted molar refractivity (Wildman–Crippen MR) is 137 cm³/mol. The monoisotopic (exact) mass is 469 g/mol. The van der Waals surface area contributed by atoms with Crippen LogP contribution < -0.4 is 15.4 Å². The zero-order chi connectivity index (χ0) is 24.6. The van der Waals surface area contributed by atoms with Gasteiger partial charge in [0, 0.05) is 29.2 Å². The molecule has 0 fully saturated rings. The summed E-state index contributed by atoms with van der Waals surface area (Å²) in [5.74, 6) is -0.0111. The molecular weight excluding hydrogens is 442 g/mol. The highest BCUT2D eigenvalue weighted by Crippen LogP contribution is 2.32. The van der Waals surface area contributed by atoms with E-state index >= 15 is 0 Å². The van der Waals surface area contributed by atoms with Gasteiger partial charge in [0.25, 0.3) is 0 Å². The van der Waals surface area contributed by atoms with E-state index in [9.17, 15) is 9.59 Å². The summed E-state index contributed by atoms with van der Waals surface area (Å²) >= 11 is 0. The Morgan fingerprint density at radius 2 is 1.71 bits per heavy atom. The molecule has 0 aliphatic carbocycles. The lowest BCUT2D eigenvalue weighted by Crippen LogP contribution is -2.30. The van der Waals surface area contributed by atoms with Crippen molar-refractivity contribution in [3.63, 3.8) is 0 Å². The van der Waals surface area contributed by atoms with Crippen molar-refractivity contribution in [1.82, 2.24) is 10.3 Å². The van der Waals surface area contributed by atoms with Gasteiger partial charge in [-0.25, -0.2) is 14.6 Å². The predicted octanol–water partition coefficient (Wildman–Crippen LogP) is 5.13. The van der Waals surface area contributed by atoms with E-state index in [1.54, 1.807) is 18.2 Å². The first-order valence-electron chi connectivity index (χ1n) is 11.3. The van der Waals surface area contributed by atoms with Gasteiger partial charge >= 0.3 is 12.0 Å². The molecule has 3 aromatic carbocycles. The zero-order valence-electron chi connectivity index (χ0n) is 19.7. The van der Waals surface area contributed by atoms with Crippen LogP contribution in [0.15, 0.2) is 78.9 Å². The second kappa shape index (κ2) is 11.2. The highest BCUT2D eigenvalue weighted by atomic mass is 16.6. The van der Waals surface area contributed by atoms with Gasteiger partial charge in [-0.1, -0.05) is 60.2 Å². The Labute approximate surface area is 204 Å². The first-order chi connectivity index (χ1) is 17.0. The van der Waals surface area contributed by atoms with Crippen LogP contribution in [0.5, 0.6) is 5.75 Å². The van der Waals surface area contributed by atoms with Gasteiger partial charge in [-0.2, -0.15) is 0 Å². The standard InChI is InChI=1S/C28H27N3O4/c1-19-8-10-21(11-9-19)25-17-26(35-18-27(32)34-2)23-16-22(12-13-24(23)31-25)30-28(33)29-15-14-20-6-4-3-5-7-20/h3-13,16-17H,14-15,18H2,1-2H3,(H2,29,30,33). The molecule has 4 rings (SSSR count). The number of esters is 1. The van der Waals surface area contributed by atoms with Crippen molar-refractivity contribution >= 4 is 28.6 Å². The number of rotatable bonds is 8. The third-order valence-electron chi connectivity index (χ3n) is 5.49. The van der Waals surface area contributed by atoms with Crippen LogP contribution in [0, 0.1) is 6.92 Å². The zero-order valence-corrected chi connectivity index (χ0v) is 19.7. The molecule has 0 saturated heterocycles. The second-order valence-electron chi connectivity index (χ2n) is 8.08. The molecule has 0 saturated carbocycles. The summed E-state index contributed by atoms with van der Waals surface area (Å²) in [6.45, 7) is 2.30. The Morgan fingerprint density at radius 1 is 0.943 bits per heavy atom. The molecule has 35 heavy (non-hydrogen) atoms. The third kappa shape index (κ3) is 6.35. The van der Waals surface area contributed by atoms with Crippen LogP contribution in [0.4, 0.5) is 10.5 Å². The quantitative estimate of drug-likeness (QED) is 0.349. The molecule has 178 valence electrons. The average Bonchev–Trinajstić information content (AvgIpc) is 2.88. The summed E-state index contributed by atoms with van der Waals surface area (Å²) in [6, 6.07) is 24.8. The van der Waals surface area contributed by atoms with Crippen LogP contribution in [-0.4, -0.2) is 37.2 Å². The second-order valence-corrected chi connectivity index (χ2v) is 8.08. The molecule has 0 spiro atoms. The molecule has 0 radical (unpaired) electrons. The Bertz CT molecular complexity index is 1320. The van der Waals surface area contributed by atoms with Gasteiger partial charge in [0.05, 0.1) is 18.3 Å². The number of urea groups is 1. The van der Waals surface area contributed by atoms with E-state index in [4.69, 9.17) is 14.5 Å². The highest BCUT2D eigenvalue weighted by molar-refractivity contribution is 5.95. The molecule has 4 aromatic rings. The van der Waals surface area contributed by atoms with E-state index < -0.39 is 5.97 Å². The van der Waals surface area contributed by atoms with Crippen molar-refractivity contribution in [1.29, 1.82) is 0 Å². The number of hydrogen-bond acceptors (Lipinski definition) is 5. The lowest BCUT2D eigenvalue weighted by atomic mass is 10.1. The van der Waals surface area contributed by atoms with Crippen LogP contribution in [0.25, 0.3) is 22.2 Å². The number of nitrogens with zero attached hydrogens (tertiary/aromatic N) is 1. The van der Waals surface area contributed by atoms with Crippen LogP contribution in [0.1, 0.15) is 11.1 Å². The summed E-state index contributed by atoms with van der Waals surface area (Å²) in [4.78, 5) is 28.9. The van der Waals surface area contributed by atoms with Crippen molar-refractivity contribution < 1.29 is 19.1 Å². The van der Waals surface area contributed by atoms with E-state index in [2.05, 4.69) is 10.6 Å². The van der Waals surface area contributed by atoms with Crippen LogP contribution in [0.2, 0.25) is 0 Å². The van der Waals surface area contributed by atoms with E-state index in [0.717, 1.165) is 28.8 Å². The van der Waals surface area contributed by atoms with Crippen LogP contribution in [0.3, 0.4) is 0 Å². The van der Waals surface area contributed by atoms with E-state index in [1.165, 1.54) is 7.11 Å². The summed E-state index contributed by atoms with van der Waals surface area (Å²) in [5, 5.41) is 6.39. The molecule has 2 N–H and O–H groups in total. The molecule has 0 bridgehead atoms. The summed E-state index contributed by atoms with van der Waals surface area (Å²) < 4.78 is 10.5. The minimum absolute atomic E-state index is 0.236. The number of carbonyl (C=O) groups excluding carboxylic acids is 2. The number of fused-ring (bicyclic) bond motifs is 1. The number of benzene rings is 3. The number of methoxy groups -OCH3 is 1.